The second-order valence-corrected chi connectivity index (χ2v) is 22.6. The number of nitrogens with one attached hydrogen (secondary N) is 6. The van der Waals surface area contributed by atoms with Gasteiger partial charge < -0.3 is 51.7 Å². The number of ether oxygens (including phenoxy) is 1. The number of rotatable bonds is 31. The molecule has 2 aromatic rings. The van der Waals surface area contributed by atoms with Crippen molar-refractivity contribution in [1.82, 2.24) is 50.6 Å². The molecule has 0 spiro atoms. The van der Waals surface area contributed by atoms with Gasteiger partial charge in [0.15, 0.2) is 0 Å². The van der Waals surface area contributed by atoms with Crippen LogP contribution in [0.5, 0.6) is 5.75 Å². The van der Waals surface area contributed by atoms with E-state index in [1.807, 2.05) is 6.07 Å². The van der Waals surface area contributed by atoms with Crippen LogP contribution < -0.4 is 36.0 Å². The van der Waals surface area contributed by atoms with E-state index in [1.54, 1.807) is 9.80 Å². The zero-order valence-corrected chi connectivity index (χ0v) is 46.6. The number of nitrogens with zero attached hydrogens (tertiary/aromatic N) is 5. The van der Waals surface area contributed by atoms with Crippen LogP contribution in [0.1, 0.15) is 60.9 Å². The first-order valence-electron chi connectivity index (χ1n) is 26.1. The molecule has 2 atom stereocenters. The van der Waals surface area contributed by atoms with Crippen molar-refractivity contribution in [3.63, 3.8) is 0 Å². The van der Waals surface area contributed by atoms with E-state index in [0.29, 0.717) is 19.3 Å². The Labute approximate surface area is 464 Å². The Bertz CT molecular complexity index is 2660. The van der Waals surface area contributed by atoms with Crippen LogP contribution in [0.4, 0.5) is 5.82 Å². The average Bonchev–Trinajstić information content (AvgIpc) is 3.36. The molecule has 1 aromatic heterocycles. The Morgan fingerprint density at radius 1 is 0.675 bits per heavy atom. The summed E-state index contributed by atoms with van der Waals surface area (Å²) < 4.78 is 68.4. The third-order valence-electron chi connectivity index (χ3n) is 12.8. The van der Waals surface area contributed by atoms with Crippen molar-refractivity contribution in [2.75, 3.05) is 122 Å². The molecule has 2 aliphatic rings. The second-order valence-electron chi connectivity index (χ2n) is 19.5. The minimum atomic E-state index is -4.84. The monoisotopic (exact) mass is 1170 g/mol. The third-order valence-corrected chi connectivity index (χ3v) is 15.3. The molecule has 31 heteroatoms. The largest absolute Gasteiger partial charge is 0.494 e. The number of amides is 4. The first kappa shape index (κ1) is 65.9. The van der Waals surface area contributed by atoms with E-state index in [9.17, 15) is 80.2 Å². The Morgan fingerprint density at radius 2 is 1.20 bits per heavy atom. The molecule has 0 radical (unpaired) electrons. The molecule has 3 heterocycles. The van der Waals surface area contributed by atoms with Crippen molar-refractivity contribution in [2.45, 2.75) is 82.2 Å². The Balaban J connectivity index is 1.20. The van der Waals surface area contributed by atoms with E-state index in [-0.39, 0.29) is 120 Å². The molecular weight excluding hydrogens is 1090 g/mol. The highest BCUT2D eigenvalue weighted by molar-refractivity contribution is 7.89. The van der Waals surface area contributed by atoms with Gasteiger partial charge in [-0.1, -0.05) is 6.07 Å². The van der Waals surface area contributed by atoms with Crippen LogP contribution in [0, 0.1) is 13.8 Å². The molecule has 11 N–H and O–H groups in total. The number of sulfonamides is 1. The zero-order valence-electron chi connectivity index (χ0n) is 44.9. The number of hydrogen-bond acceptors (Lipinski definition) is 19. The molecule has 1 aromatic carbocycles. The number of carboxylic acid groups (broad SMARTS) is 4. The van der Waals surface area contributed by atoms with Gasteiger partial charge in [-0.05, 0) is 87.3 Å². The average molecular weight is 1170 g/mol. The fourth-order valence-corrected chi connectivity index (χ4v) is 11.2. The van der Waals surface area contributed by atoms with E-state index >= 15 is 0 Å². The molecule has 1 saturated heterocycles. The summed E-state index contributed by atoms with van der Waals surface area (Å²) in [6, 6.07) is 3.44. The molecule has 2 aliphatic heterocycles. The number of anilines is 1. The number of aromatic nitrogens is 1. The van der Waals surface area contributed by atoms with Crippen molar-refractivity contribution in [3.8, 4) is 5.75 Å². The van der Waals surface area contributed by atoms with Gasteiger partial charge in [-0.3, -0.25) is 62.5 Å². The maximum atomic E-state index is 13.5. The number of benzene rings is 1. The lowest BCUT2D eigenvalue weighted by Crippen LogP contribution is -2.54. The summed E-state index contributed by atoms with van der Waals surface area (Å²) in [4.78, 5) is 109. The number of fused-ring (bicyclic) bond motifs is 1. The smallest absolute Gasteiger partial charge is 0.323 e. The van der Waals surface area contributed by atoms with Crippen LogP contribution in [0.2, 0.25) is 0 Å². The molecule has 446 valence electrons. The lowest BCUT2D eigenvalue weighted by molar-refractivity contribution is -0.140. The highest BCUT2D eigenvalue weighted by Crippen LogP contribution is 2.26. The summed E-state index contributed by atoms with van der Waals surface area (Å²) in [5.74, 6) is -7.75. The van der Waals surface area contributed by atoms with Crippen LogP contribution >= 0.6 is 0 Å². The van der Waals surface area contributed by atoms with Crippen LogP contribution in [0.15, 0.2) is 29.2 Å². The van der Waals surface area contributed by atoms with Crippen molar-refractivity contribution in [2.24, 2.45) is 0 Å². The molecule has 80 heavy (non-hydrogen) atoms. The van der Waals surface area contributed by atoms with Crippen molar-refractivity contribution in [1.29, 1.82) is 0 Å². The number of carbonyl (C=O) groups excluding carboxylic acids is 4. The number of carboxylic acids is 4. The highest BCUT2D eigenvalue weighted by atomic mass is 32.2. The lowest BCUT2D eigenvalue weighted by Gasteiger charge is -2.33. The minimum Gasteiger partial charge on any atom is -0.494 e. The lowest BCUT2D eigenvalue weighted by atomic mass is 10.1. The van der Waals surface area contributed by atoms with Crippen molar-refractivity contribution < 1.29 is 84.9 Å². The van der Waals surface area contributed by atoms with Crippen molar-refractivity contribution >= 4 is 73.5 Å². The summed E-state index contributed by atoms with van der Waals surface area (Å²) >= 11 is 0. The summed E-state index contributed by atoms with van der Waals surface area (Å²) in [7, 11) is -9.25. The van der Waals surface area contributed by atoms with Gasteiger partial charge in [0.05, 0.1) is 37.7 Å². The summed E-state index contributed by atoms with van der Waals surface area (Å²) in [5.41, 5.74) is 2.55. The van der Waals surface area contributed by atoms with Crippen LogP contribution in [0.25, 0.3) is 0 Å². The van der Waals surface area contributed by atoms with E-state index in [4.69, 9.17) is 4.74 Å². The Kier molecular flexibility index (Phi) is 26.9. The number of aliphatic carboxylic acids is 4. The van der Waals surface area contributed by atoms with Gasteiger partial charge in [-0.2, -0.15) is 13.1 Å². The van der Waals surface area contributed by atoms with Crippen molar-refractivity contribution in [3.05, 3.63) is 46.6 Å². The predicted octanol–water partition coefficient (Wildman–Crippen LogP) is -2.44. The van der Waals surface area contributed by atoms with Gasteiger partial charge in [-0.25, -0.2) is 13.4 Å². The Morgan fingerprint density at radius 3 is 1.74 bits per heavy atom. The summed E-state index contributed by atoms with van der Waals surface area (Å²) in [6.07, 6.45) is 4.11. The van der Waals surface area contributed by atoms with Crippen LogP contribution in [0.3, 0.4) is 0 Å². The van der Waals surface area contributed by atoms with Gasteiger partial charge in [0.2, 0.25) is 33.7 Å². The fourth-order valence-electron chi connectivity index (χ4n) is 8.89. The third kappa shape index (κ3) is 24.8. The summed E-state index contributed by atoms with van der Waals surface area (Å²) in [5, 5.41) is 51.2. The first-order chi connectivity index (χ1) is 37.8. The topological polar surface area (TPSA) is 413 Å². The van der Waals surface area contributed by atoms with Crippen LogP contribution in [-0.2, 0) is 71.3 Å². The van der Waals surface area contributed by atoms with E-state index in [2.05, 4.69) is 42.4 Å². The standard InChI is InChI=1S/C49H75N11O18S2/c1-33-25-37(26-34(2)46(33)80(76,77)56-38(49(71)72)27-53-41(62)9-4-3-8-36-12-11-35-7-5-13-51-47(35)54-36)78-24-6-10-40(61)50-14-15-52-48(70)39(32-79(73,74)75)55-42(63)28-57-16-18-58(29-43(64)65)20-22-60(31-45(68)69)23-21-59(19-17-57)30-44(66)67/h11-12,25-26,38-39,56H,3-10,13-24,27-32H2,1-2H3,(H,50,61)(H,51,54)(H,52,70)(H,53,62)(H,55,63)(H,64,65)(H,66,67)(H,68,69)(H,71,72)(H,73,74,75)/t38-,39?/m1/s1. The number of aryl methyl sites for hydroxylation is 4. The van der Waals surface area contributed by atoms with Gasteiger partial charge >= 0.3 is 23.9 Å². The fraction of sp³-hybridized carbons (Fsp3) is 0.612. The van der Waals surface area contributed by atoms with E-state index in [1.165, 1.54) is 41.3 Å². The van der Waals surface area contributed by atoms with Gasteiger partial charge in [0.1, 0.15) is 29.4 Å². The van der Waals surface area contributed by atoms with E-state index in [0.717, 1.165) is 30.9 Å². The zero-order chi connectivity index (χ0) is 59.0. The normalized spacial score (nSPS) is 16.0. The van der Waals surface area contributed by atoms with Crippen LogP contribution in [-0.4, -0.2) is 243 Å². The molecule has 29 nitrogen and oxygen atoms in total. The molecule has 0 saturated carbocycles. The van der Waals surface area contributed by atoms with Gasteiger partial charge in [0, 0.05) is 97.1 Å². The maximum absolute atomic E-state index is 13.5. The molecule has 4 amide bonds. The van der Waals surface area contributed by atoms with Gasteiger partial charge in [-0.15, -0.1) is 0 Å². The molecule has 0 bridgehead atoms. The number of carbonyl (C=O) groups is 8. The number of unbranched alkanes of at least 4 members (excludes halogenated alkanes) is 1. The molecule has 0 aliphatic carbocycles. The van der Waals surface area contributed by atoms with E-state index < -0.39 is 112 Å². The Hall–Kier alpha value is -6.61. The predicted molar refractivity (Wildman–Crippen MR) is 287 cm³/mol. The summed E-state index contributed by atoms with van der Waals surface area (Å²) in [6.45, 7) is 2.17. The molecule has 1 fully saturated rings. The molecule has 1 unspecified atom stereocenters. The quantitative estimate of drug-likeness (QED) is 0.0276. The molecular formula is C49H75N11O18S2. The second kappa shape index (κ2) is 32.6. The molecule has 4 rings (SSSR count). The SMILES string of the molecule is Cc1cc(OCCCC(=O)NCCNC(=O)C(CS(=O)(=O)O)NC(=O)CN2CCN(CC(=O)O)CCN(CC(=O)O)CCN(CC(=O)O)CC2)cc(C)c1S(=O)(=O)N[C@H](CNC(=O)CCCCc1ccc2c(n1)NCCC2)C(=O)O. The number of hydrogen-bond donors (Lipinski definition) is 11. The number of pyridine rings is 1. The minimum absolute atomic E-state index is 0.0134. The first-order valence-corrected chi connectivity index (χ1v) is 29.2. The maximum Gasteiger partial charge on any atom is 0.323 e. The van der Waals surface area contributed by atoms with Gasteiger partial charge in [0.25, 0.3) is 10.1 Å². The highest BCUT2D eigenvalue weighted by Gasteiger charge is 2.30.